The summed E-state index contributed by atoms with van der Waals surface area (Å²) in [6, 6.07) is 106. The van der Waals surface area contributed by atoms with Gasteiger partial charge in [0.1, 0.15) is 0 Å². The van der Waals surface area contributed by atoms with Crippen molar-refractivity contribution in [3.63, 3.8) is 0 Å². The number of nitrogens with zero attached hydrogens (tertiary/aromatic N) is 10. The summed E-state index contributed by atoms with van der Waals surface area (Å²) in [6.45, 7) is 15.2. The molecular weight excluding hydrogens is 1330 g/mol. The van der Waals surface area contributed by atoms with Crippen LogP contribution in [-0.4, -0.2) is 48.2 Å². The van der Waals surface area contributed by atoms with Crippen LogP contribution in [0.3, 0.4) is 0 Å². The van der Waals surface area contributed by atoms with Gasteiger partial charge in [-0.1, -0.05) is 248 Å². The molecule has 14 aromatic rings. The van der Waals surface area contributed by atoms with E-state index < -0.39 is 18.3 Å². The van der Waals surface area contributed by atoms with Gasteiger partial charge >= 0.3 is 7.12 Å². The first-order chi connectivity index (χ1) is 49.7. The highest BCUT2D eigenvalue weighted by atomic mass is 79.9. The number of rotatable bonds is 12. The lowest BCUT2D eigenvalue weighted by Crippen LogP contribution is -2.41. The molecule has 0 atom stereocenters. The summed E-state index contributed by atoms with van der Waals surface area (Å²) in [5, 5.41) is 28.6. The molecule has 0 saturated carbocycles. The fourth-order valence-corrected chi connectivity index (χ4v) is 12.0. The molecule has 0 aliphatic carbocycles. The van der Waals surface area contributed by atoms with E-state index in [0.717, 1.165) is 99.0 Å². The van der Waals surface area contributed by atoms with Crippen molar-refractivity contribution < 1.29 is 9.31 Å². The van der Waals surface area contributed by atoms with Crippen molar-refractivity contribution in [2.45, 2.75) is 46.3 Å². The minimum Gasteiger partial charge on any atom is -0.399 e. The average molecular weight is 1400 g/mol. The van der Waals surface area contributed by atoms with E-state index in [1.54, 1.807) is 18.2 Å². The van der Waals surface area contributed by atoms with E-state index in [-0.39, 0.29) is 7.43 Å². The molecule has 12 aromatic carbocycles. The Labute approximate surface area is 609 Å². The Kier molecular flexibility index (Phi) is 21.4. The van der Waals surface area contributed by atoms with Gasteiger partial charge in [0, 0.05) is 37.9 Å². The predicted molar refractivity (Wildman–Crippen MR) is 416 cm³/mol. The van der Waals surface area contributed by atoms with E-state index in [1.807, 2.05) is 258 Å². The first-order valence-corrected chi connectivity index (χ1v) is 33.7. The van der Waals surface area contributed by atoms with Crippen molar-refractivity contribution in [2.75, 3.05) is 0 Å². The normalized spacial score (nSPS) is 12.3. The van der Waals surface area contributed by atoms with Crippen LogP contribution < -0.4 is 5.46 Å². The zero-order chi connectivity index (χ0) is 70.6. The largest absolute Gasteiger partial charge is 0.494 e. The van der Waals surface area contributed by atoms with Crippen LogP contribution in [0.5, 0.6) is 0 Å². The standard InChI is InChI=1S/C41H25N5.C27H18BrN3.C20H19BN2O2.CH4/c42-26-28-10-7-15-32(20-28)37-21-29(27-43)22-38(25-37)35-18-8-16-33(23-35)34-17-9-19-36(24-34)41-45-39(30-11-3-1-4-12-30)44-40(46-41)31-13-5-2-6-14-31;28-24-16-8-14-22(18-24)21-13-7-15-23(17-21)27-30-25(19-9-3-1-4-10-19)29-26(31-27)20-11-5-2-6-12-20;1-19(2)20(3,4)25-21(24-19)17-10-14(13-22)9-16(11-17)15-7-6-8-18(12-15)23-5;/h1-25H;1-18H;6-12H,1-4H3;1H4. The molecule has 1 saturated heterocycles. The maximum Gasteiger partial charge on any atom is 0.494 e. The predicted octanol–water partition coefficient (Wildman–Crippen LogP) is 21.6. The molecular formula is C89H66BBrN10O2. The molecule has 0 N–H and O–H groups in total. The van der Waals surface area contributed by atoms with Crippen LogP contribution in [0, 0.1) is 40.6 Å². The summed E-state index contributed by atoms with van der Waals surface area (Å²) in [5.74, 6) is 3.81. The third-order valence-corrected chi connectivity index (χ3v) is 18.1. The van der Waals surface area contributed by atoms with Gasteiger partial charge in [0.15, 0.2) is 40.6 Å². The Bertz CT molecular complexity index is 5440. The summed E-state index contributed by atoms with van der Waals surface area (Å²) >= 11 is 3.56. The number of hydrogen-bond donors (Lipinski definition) is 0. The Morgan fingerprint density at radius 2 is 0.592 bits per heavy atom. The van der Waals surface area contributed by atoms with Gasteiger partial charge in [0.2, 0.25) is 0 Å². The number of hydrogen-bond acceptors (Lipinski definition) is 11. The quantitative estimate of drug-likeness (QED) is 0.0842. The summed E-state index contributed by atoms with van der Waals surface area (Å²) in [6.07, 6.45) is 0. The second-order valence-corrected chi connectivity index (χ2v) is 26.1. The number of halogens is 1. The zero-order valence-corrected chi connectivity index (χ0v) is 57.7. The maximum atomic E-state index is 9.82. The Hall–Kier alpha value is -12.9. The first-order valence-electron chi connectivity index (χ1n) is 32.9. The van der Waals surface area contributed by atoms with E-state index in [0.29, 0.717) is 57.3 Å². The summed E-state index contributed by atoms with van der Waals surface area (Å²) in [7, 11) is -0.527. The van der Waals surface area contributed by atoms with Gasteiger partial charge in [-0.15, -0.1) is 0 Å². The topological polar surface area (TPSA) is 172 Å². The Morgan fingerprint density at radius 3 is 0.990 bits per heavy atom. The Morgan fingerprint density at radius 1 is 0.311 bits per heavy atom. The molecule has 1 fully saturated rings. The molecule has 14 heteroatoms. The summed E-state index contributed by atoms with van der Waals surface area (Å²) in [4.78, 5) is 32.5. The van der Waals surface area contributed by atoms with Gasteiger partial charge in [-0.3, -0.25) is 0 Å². The van der Waals surface area contributed by atoms with Gasteiger partial charge < -0.3 is 9.31 Å². The molecule has 494 valence electrons. The number of aromatic nitrogens is 6. The molecule has 0 radical (unpaired) electrons. The smallest absolute Gasteiger partial charge is 0.399 e. The monoisotopic (exact) mass is 1400 g/mol. The molecule has 0 amide bonds. The van der Waals surface area contributed by atoms with Crippen molar-refractivity contribution in [1.82, 2.24) is 29.9 Å². The minimum absolute atomic E-state index is 0. The van der Waals surface area contributed by atoms with Crippen LogP contribution in [-0.2, 0) is 9.31 Å². The lowest BCUT2D eigenvalue weighted by Gasteiger charge is -2.32. The SMILES string of the molecule is Brc1cccc(-c2cccc(-c3nc(-c4ccccc4)nc(-c4ccccc4)n3)c2)c1.C.N#Cc1cccc(-c2cc(C#N)cc(-c3cccc(-c4cccc(-c5nc(-c6ccccc6)nc(-c6ccccc6)n5)c4)c3)c2)c1.[C-]#[N+]c1cccc(-c2cc(C#N)cc(B3OC(C)(C)C(C)(C)O3)c2)c1. The molecule has 0 spiro atoms. The van der Waals surface area contributed by atoms with Crippen LogP contribution in [0.2, 0.25) is 0 Å². The number of benzene rings is 12. The highest BCUT2D eigenvalue weighted by Gasteiger charge is 2.52. The van der Waals surface area contributed by atoms with Crippen molar-refractivity contribution in [2.24, 2.45) is 0 Å². The van der Waals surface area contributed by atoms with Crippen molar-refractivity contribution >= 4 is 34.2 Å². The second kappa shape index (κ2) is 31.5. The number of nitriles is 3. The molecule has 0 bridgehead atoms. The van der Waals surface area contributed by atoms with Crippen LogP contribution in [0.1, 0.15) is 51.8 Å². The molecule has 2 aromatic heterocycles. The van der Waals surface area contributed by atoms with Crippen molar-refractivity contribution in [3.8, 4) is 142 Å². The lowest BCUT2D eigenvalue weighted by molar-refractivity contribution is 0.00578. The highest BCUT2D eigenvalue weighted by Crippen LogP contribution is 2.39. The summed E-state index contributed by atoms with van der Waals surface area (Å²) < 4.78 is 13.3. The maximum absolute atomic E-state index is 9.82. The fraction of sp³-hybridized carbons (Fsp3) is 0.0787. The second-order valence-electron chi connectivity index (χ2n) is 25.1. The van der Waals surface area contributed by atoms with Gasteiger partial charge in [0.25, 0.3) is 0 Å². The molecule has 12 nitrogen and oxygen atoms in total. The molecule has 103 heavy (non-hydrogen) atoms. The highest BCUT2D eigenvalue weighted by molar-refractivity contribution is 9.10. The zero-order valence-electron chi connectivity index (χ0n) is 56.1. The van der Waals surface area contributed by atoms with E-state index >= 15 is 0 Å². The Balaban J connectivity index is 0.000000153. The van der Waals surface area contributed by atoms with Gasteiger partial charge in [-0.25, -0.2) is 34.7 Å². The fourth-order valence-electron chi connectivity index (χ4n) is 11.6. The third kappa shape index (κ3) is 16.5. The van der Waals surface area contributed by atoms with Gasteiger partial charge in [-0.2, -0.15) is 15.8 Å². The third-order valence-electron chi connectivity index (χ3n) is 17.6. The average Bonchev–Trinajstić information content (AvgIpc) is 1.62. The summed E-state index contributed by atoms with van der Waals surface area (Å²) in [5.41, 5.74) is 17.5. The van der Waals surface area contributed by atoms with Crippen LogP contribution >= 0.6 is 15.9 Å². The first kappa shape index (κ1) is 70.0. The lowest BCUT2D eigenvalue weighted by atomic mass is 9.77. The van der Waals surface area contributed by atoms with Crippen molar-refractivity contribution in [3.05, 3.63) is 336 Å². The van der Waals surface area contributed by atoms with Gasteiger partial charge in [0.05, 0.1) is 52.7 Å². The molecule has 3 heterocycles. The molecule has 1 aliphatic rings. The van der Waals surface area contributed by atoms with E-state index in [1.165, 1.54) is 0 Å². The van der Waals surface area contributed by atoms with Crippen LogP contribution in [0.4, 0.5) is 5.69 Å². The van der Waals surface area contributed by atoms with Crippen LogP contribution in [0.25, 0.3) is 129 Å². The minimum atomic E-state index is -0.527. The van der Waals surface area contributed by atoms with Gasteiger partial charge in [-0.05, 0) is 168 Å². The molecule has 15 rings (SSSR count). The molecule has 0 unspecified atom stereocenters. The van der Waals surface area contributed by atoms with E-state index in [4.69, 9.17) is 45.8 Å². The van der Waals surface area contributed by atoms with Crippen molar-refractivity contribution in [1.29, 1.82) is 15.8 Å². The van der Waals surface area contributed by atoms with E-state index in [9.17, 15) is 15.8 Å². The molecule has 1 aliphatic heterocycles. The van der Waals surface area contributed by atoms with Crippen LogP contribution in [0.15, 0.2) is 308 Å². The van der Waals surface area contributed by atoms with E-state index in [2.05, 4.69) is 93.6 Å².